The van der Waals surface area contributed by atoms with E-state index in [1.54, 1.807) is 0 Å². The molecule has 0 saturated carbocycles. The van der Waals surface area contributed by atoms with Gasteiger partial charge in [-0.05, 0) is 54.6 Å². The van der Waals surface area contributed by atoms with Crippen LogP contribution in [0.4, 0.5) is 17.1 Å². The smallest absolute Gasteiger partial charge is 0.244 e. The Morgan fingerprint density at radius 3 is 2.09 bits per heavy atom. The SMILES string of the molecule is O=C(Cn1c2ccccc2c2nc3ccccc3nc21)Nc1ccc(Nc2ccccc2)cc1. The summed E-state index contributed by atoms with van der Waals surface area (Å²) >= 11 is 0. The van der Waals surface area contributed by atoms with Crippen molar-refractivity contribution < 1.29 is 4.79 Å². The maximum Gasteiger partial charge on any atom is 0.244 e. The van der Waals surface area contributed by atoms with Crippen LogP contribution < -0.4 is 10.6 Å². The molecule has 0 bridgehead atoms. The predicted octanol–water partition coefficient (Wildman–Crippen LogP) is 6.12. The van der Waals surface area contributed by atoms with E-state index in [-0.39, 0.29) is 12.5 Å². The number of aromatic nitrogens is 3. The number of anilines is 3. The molecule has 0 aliphatic heterocycles. The largest absolute Gasteiger partial charge is 0.356 e. The first-order valence-corrected chi connectivity index (χ1v) is 11.1. The summed E-state index contributed by atoms with van der Waals surface area (Å²) in [6.45, 7) is 0.140. The molecule has 6 nitrogen and oxygen atoms in total. The number of carbonyl (C=O) groups is 1. The quantitative estimate of drug-likeness (QED) is 0.337. The first kappa shape index (κ1) is 19.9. The zero-order valence-corrected chi connectivity index (χ0v) is 18.3. The summed E-state index contributed by atoms with van der Waals surface area (Å²) < 4.78 is 1.94. The van der Waals surface area contributed by atoms with Crippen molar-refractivity contribution in [2.24, 2.45) is 0 Å². The number of nitrogens with one attached hydrogen (secondary N) is 2. The molecule has 0 atom stereocenters. The van der Waals surface area contributed by atoms with Gasteiger partial charge in [-0.25, -0.2) is 9.97 Å². The molecule has 0 aliphatic carbocycles. The number of para-hydroxylation sites is 4. The number of fused-ring (bicyclic) bond motifs is 4. The molecule has 6 rings (SSSR count). The van der Waals surface area contributed by atoms with E-state index in [1.807, 2.05) is 108 Å². The third-order valence-electron chi connectivity index (χ3n) is 5.79. The number of amides is 1. The first-order valence-electron chi connectivity index (χ1n) is 11.1. The lowest BCUT2D eigenvalue weighted by atomic mass is 10.2. The van der Waals surface area contributed by atoms with Gasteiger partial charge in [0.25, 0.3) is 0 Å². The summed E-state index contributed by atoms with van der Waals surface area (Å²) in [5.41, 5.74) is 6.79. The number of nitrogens with zero attached hydrogens (tertiary/aromatic N) is 3. The topological polar surface area (TPSA) is 71.8 Å². The van der Waals surface area contributed by atoms with Crippen LogP contribution in [-0.4, -0.2) is 20.4 Å². The van der Waals surface area contributed by atoms with E-state index in [0.717, 1.165) is 44.5 Å². The standard InChI is InChI=1S/C28H21N5O/c34-26(30-21-16-14-20(15-17-21)29-19-8-2-1-3-9-19)18-33-25-13-7-4-10-22(25)27-28(33)32-24-12-6-5-11-23(24)31-27/h1-17,29H,18H2,(H,30,34). The molecule has 2 N–H and O–H groups in total. The van der Waals surface area contributed by atoms with Crippen molar-refractivity contribution in [3.63, 3.8) is 0 Å². The van der Waals surface area contributed by atoms with Crippen molar-refractivity contribution >= 4 is 56.1 Å². The van der Waals surface area contributed by atoms with Crippen molar-refractivity contribution in [3.05, 3.63) is 103 Å². The average molecular weight is 444 g/mol. The van der Waals surface area contributed by atoms with Gasteiger partial charge in [0.1, 0.15) is 12.1 Å². The van der Waals surface area contributed by atoms with Crippen LogP contribution >= 0.6 is 0 Å². The number of hydrogen-bond acceptors (Lipinski definition) is 4. The summed E-state index contributed by atoms with van der Waals surface area (Å²) in [5, 5.41) is 7.33. The Morgan fingerprint density at radius 2 is 1.29 bits per heavy atom. The van der Waals surface area contributed by atoms with E-state index in [1.165, 1.54) is 0 Å². The second-order valence-electron chi connectivity index (χ2n) is 8.10. The Labute approximate surface area is 195 Å². The highest BCUT2D eigenvalue weighted by molar-refractivity contribution is 6.07. The molecule has 2 aromatic heterocycles. The maximum absolute atomic E-state index is 13.0. The zero-order valence-electron chi connectivity index (χ0n) is 18.3. The Balaban J connectivity index is 1.28. The molecule has 0 fully saturated rings. The van der Waals surface area contributed by atoms with Crippen molar-refractivity contribution in [3.8, 4) is 0 Å². The minimum Gasteiger partial charge on any atom is -0.356 e. The Kier molecular flexibility index (Phi) is 4.88. The van der Waals surface area contributed by atoms with Gasteiger partial charge in [-0.1, -0.05) is 48.5 Å². The molecule has 0 spiro atoms. The van der Waals surface area contributed by atoms with E-state index in [4.69, 9.17) is 9.97 Å². The highest BCUT2D eigenvalue weighted by Gasteiger charge is 2.16. The summed E-state index contributed by atoms with van der Waals surface area (Å²) in [4.78, 5) is 22.7. The fraction of sp³-hybridized carbons (Fsp3) is 0.0357. The summed E-state index contributed by atoms with van der Waals surface area (Å²) in [5.74, 6) is -0.124. The molecular weight excluding hydrogens is 422 g/mol. The highest BCUT2D eigenvalue weighted by atomic mass is 16.1. The van der Waals surface area contributed by atoms with Crippen LogP contribution in [0.2, 0.25) is 0 Å². The molecule has 4 aromatic carbocycles. The summed E-state index contributed by atoms with van der Waals surface area (Å²) in [6.07, 6.45) is 0. The Bertz CT molecular complexity index is 1640. The van der Waals surface area contributed by atoms with Crippen molar-refractivity contribution in [2.75, 3.05) is 10.6 Å². The van der Waals surface area contributed by atoms with Crippen LogP contribution in [0.25, 0.3) is 33.1 Å². The Hall–Kier alpha value is -4.71. The number of carbonyl (C=O) groups excluding carboxylic acids is 1. The van der Waals surface area contributed by atoms with Crippen LogP contribution in [0.1, 0.15) is 0 Å². The van der Waals surface area contributed by atoms with E-state index in [9.17, 15) is 4.79 Å². The number of hydrogen-bond donors (Lipinski definition) is 2. The summed E-state index contributed by atoms with van der Waals surface area (Å²) in [6, 6.07) is 33.4. The van der Waals surface area contributed by atoms with Gasteiger partial charge < -0.3 is 15.2 Å². The molecule has 1 amide bonds. The number of benzene rings is 4. The van der Waals surface area contributed by atoms with Crippen molar-refractivity contribution in [1.29, 1.82) is 0 Å². The van der Waals surface area contributed by atoms with Gasteiger partial charge in [-0.2, -0.15) is 0 Å². The number of rotatable bonds is 5. The lowest BCUT2D eigenvalue weighted by molar-refractivity contribution is -0.116. The van der Waals surface area contributed by atoms with Gasteiger partial charge in [-0.15, -0.1) is 0 Å². The van der Waals surface area contributed by atoms with Crippen molar-refractivity contribution in [2.45, 2.75) is 6.54 Å². The monoisotopic (exact) mass is 443 g/mol. The maximum atomic E-state index is 13.0. The van der Waals surface area contributed by atoms with Gasteiger partial charge in [-0.3, -0.25) is 4.79 Å². The molecule has 0 aliphatic rings. The third kappa shape index (κ3) is 3.71. The molecule has 2 heterocycles. The molecular formula is C28H21N5O. The van der Waals surface area contributed by atoms with Gasteiger partial charge in [0.2, 0.25) is 5.91 Å². The van der Waals surface area contributed by atoms with Crippen LogP contribution in [0.3, 0.4) is 0 Å². The minimum atomic E-state index is -0.124. The van der Waals surface area contributed by atoms with Crippen LogP contribution in [0.15, 0.2) is 103 Å². The molecule has 34 heavy (non-hydrogen) atoms. The second-order valence-corrected chi connectivity index (χ2v) is 8.10. The van der Waals surface area contributed by atoms with Gasteiger partial charge in [0.05, 0.1) is 16.6 Å². The molecule has 164 valence electrons. The molecule has 6 aromatic rings. The lowest BCUT2D eigenvalue weighted by Crippen LogP contribution is -2.18. The van der Waals surface area contributed by atoms with Crippen LogP contribution in [0, 0.1) is 0 Å². The van der Waals surface area contributed by atoms with Gasteiger partial charge in [0.15, 0.2) is 5.65 Å². The molecule has 0 radical (unpaired) electrons. The Morgan fingerprint density at radius 1 is 0.676 bits per heavy atom. The summed E-state index contributed by atoms with van der Waals surface area (Å²) in [7, 11) is 0. The predicted molar refractivity (Wildman–Crippen MR) is 137 cm³/mol. The van der Waals surface area contributed by atoms with Crippen molar-refractivity contribution in [1.82, 2.24) is 14.5 Å². The second kappa shape index (κ2) is 8.33. The molecule has 0 unspecified atom stereocenters. The molecule has 6 heteroatoms. The minimum absolute atomic E-state index is 0.124. The van der Waals surface area contributed by atoms with E-state index >= 15 is 0 Å². The van der Waals surface area contributed by atoms with Crippen LogP contribution in [-0.2, 0) is 11.3 Å². The fourth-order valence-electron chi connectivity index (χ4n) is 4.21. The normalized spacial score (nSPS) is 11.2. The first-order chi connectivity index (χ1) is 16.7. The zero-order chi connectivity index (χ0) is 22.9. The fourth-order valence-corrected chi connectivity index (χ4v) is 4.21. The van der Waals surface area contributed by atoms with E-state index in [0.29, 0.717) is 5.65 Å². The van der Waals surface area contributed by atoms with E-state index in [2.05, 4.69) is 10.6 Å². The highest BCUT2D eigenvalue weighted by Crippen LogP contribution is 2.28. The lowest BCUT2D eigenvalue weighted by Gasteiger charge is -2.10. The van der Waals surface area contributed by atoms with Gasteiger partial charge >= 0.3 is 0 Å². The average Bonchev–Trinajstić information content (AvgIpc) is 3.17. The van der Waals surface area contributed by atoms with Gasteiger partial charge in [0, 0.05) is 22.4 Å². The molecule has 0 saturated heterocycles. The third-order valence-corrected chi connectivity index (χ3v) is 5.79. The van der Waals surface area contributed by atoms with E-state index < -0.39 is 0 Å². The van der Waals surface area contributed by atoms with Crippen LogP contribution in [0.5, 0.6) is 0 Å².